The summed E-state index contributed by atoms with van der Waals surface area (Å²) < 4.78 is 5.99. The fraction of sp³-hybridized carbons (Fsp3) is 0.647. The fourth-order valence-electron chi connectivity index (χ4n) is 1.92. The van der Waals surface area contributed by atoms with E-state index in [9.17, 15) is 0 Å². The zero-order valence-electron chi connectivity index (χ0n) is 13.6. The summed E-state index contributed by atoms with van der Waals surface area (Å²) in [5.41, 5.74) is 3.99. The SMILES string of the molecule is Cc1cc(C)c(C)c(OCC(C)CNC(C)(C)C)c1. The van der Waals surface area contributed by atoms with Gasteiger partial charge in [0.05, 0.1) is 6.61 Å². The quantitative estimate of drug-likeness (QED) is 0.866. The van der Waals surface area contributed by atoms with Crippen LogP contribution in [-0.2, 0) is 0 Å². The standard InChI is InChI=1S/C17H29NO/c1-12-8-14(3)15(4)16(9-12)19-11-13(2)10-18-17(5,6)7/h8-9,13,18H,10-11H2,1-7H3. The number of nitrogens with one attached hydrogen (secondary N) is 1. The molecular weight excluding hydrogens is 234 g/mol. The predicted molar refractivity (Wildman–Crippen MR) is 83.1 cm³/mol. The van der Waals surface area contributed by atoms with Gasteiger partial charge in [0.25, 0.3) is 0 Å². The number of aryl methyl sites for hydroxylation is 2. The molecule has 0 radical (unpaired) electrons. The summed E-state index contributed by atoms with van der Waals surface area (Å²) in [6.45, 7) is 16.9. The maximum absolute atomic E-state index is 5.99. The van der Waals surface area contributed by atoms with Crippen LogP contribution in [0, 0.1) is 26.7 Å². The van der Waals surface area contributed by atoms with Crippen molar-refractivity contribution in [2.75, 3.05) is 13.2 Å². The summed E-state index contributed by atoms with van der Waals surface area (Å²) in [5, 5.41) is 3.52. The second kappa shape index (κ2) is 6.42. The van der Waals surface area contributed by atoms with Crippen molar-refractivity contribution in [1.29, 1.82) is 0 Å². The molecule has 0 aromatic heterocycles. The molecule has 0 aliphatic rings. The van der Waals surface area contributed by atoms with Gasteiger partial charge in [-0.1, -0.05) is 13.0 Å². The number of rotatable bonds is 5. The lowest BCUT2D eigenvalue weighted by Gasteiger charge is -2.24. The molecule has 0 heterocycles. The van der Waals surface area contributed by atoms with Crippen molar-refractivity contribution >= 4 is 0 Å². The molecule has 0 amide bonds. The minimum Gasteiger partial charge on any atom is -0.493 e. The first-order chi connectivity index (χ1) is 8.69. The Labute approximate surface area is 118 Å². The molecular formula is C17H29NO. The van der Waals surface area contributed by atoms with Crippen LogP contribution in [0.5, 0.6) is 5.75 Å². The Morgan fingerprint density at radius 2 is 1.79 bits per heavy atom. The highest BCUT2D eigenvalue weighted by atomic mass is 16.5. The van der Waals surface area contributed by atoms with Gasteiger partial charge in [-0.3, -0.25) is 0 Å². The molecule has 2 heteroatoms. The maximum Gasteiger partial charge on any atom is 0.122 e. The van der Waals surface area contributed by atoms with Crippen molar-refractivity contribution in [2.24, 2.45) is 5.92 Å². The van der Waals surface area contributed by atoms with E-state index in [-0.39, 0.29) is 5.54 Å². The van der Waals surface area contributed by atoms with Crippen LogP contribution >= 0.6 is 0 Å². The molecule has 1 unspecified atom stereocenters. The van der Waals surface area contributed by atoms with Crippen LogP contribution in [0.15, 0.2) is 12.1 Å². The molecule has 0 spiro atoms. The molecule has 0 aliphatic heterocycles. The van der Waals surface area contributed by atoms with Crippen LogP contribution in [0.3, 0.4) is 0 Å². The van der Waals surface area contributed by atoms with Crippen molar-refractivity contribution < 1.29 is 4.74 Å². The second-order valence-electron chi connectivity index (χ2n) is 6.75. The Morgan fingerprint density at radius 3 is 2.37 bits per heavy atom. The molecule has 0 saturated heterocycles. The molecule has 1 aromatic carbocycles. The molecule has 19 heavy (non-hydrogen) atoms. The predicted octanol–water partition coefficient (Wildman–Crippen LogP) is 4.01. The van der Waals surface area contributed by atoms with Gasteiger partial charge in [-0.05, 0) is 64.3 Å². The first-order valence-corrected chi connectivity index (χ1v) is 7.14. The Balaban J connectivity index is 2.53. The molecule has 1 N–H and O–H groups in total. The Hall–Kier alpha value is -1.02. The van der Waals surface area contributed by atoms with Gasteiger partial charge in [-0.2, -0.15) is 0 Å². The van der Waals surface area contributed by atoms with Crippen LogP contribution < -0.4 is 10.1 Å². The Kier molecular flexibility index (Phi) is 5.42. The third kappa shape index (κ3) is 5.65. The summed E-state index contributed by atoms with van der Waals surface area (Å²) in [4.78, 5) is 0. The lowest BCUT2D eigenvalue weighted by Crippen LogP contribution is -2.39. The topological polar surface area (TPSA) is 21.3 Å². The van der Waals surface area contributed by atoms with Crippen LogP contribution in [0.4, 0.5) is 0 Å². The average Bonchev–Trinajstić information content (AvgIpc) is 2.28. The van der Waals surface area contributed by atoms with Gasteiger partial charge in [-0.25, -0.2) is 0 Å². The highest BCUT2D eigenvalue weighted by Gasteiger charge is 2.12. The van der Waals surface area contributed by atoms with Gasteiger partial charge in [-0.15, -0.1) is 0 Å². The molecule has 1 atom stereocenters. The molecule has 108 valence electrons. The van der Waals surface area contributed by atoms with Gasteiger partial charge < -0.3 is 10.1 Å². The maximum atomic E-state index is 5.99. The largest absolute Gasteiger partial charge is 0.493 e. The summed E-state index contributed by atoms with van der Waals surface area (Å²) in [6, 6.07) is 4.33. The molecule has 1 rings (SSSR count). The highest BCUT2D eigenvalue weighted by molar-refractivity contribution is 5.41. The van der Waals surface area contributed by atoms with E-state index in [1.165, 1.54) is 16.7 Å². The molecule has 0 aliphatic carbocycles. The molecule has 0 bridgehead atoms. The van der Waals surface area contributed by atoms with Gasteiger partial charge >= 0.3 is 0 Å². The number of hydrogen-bond acceptors (Lipinski definition) is 2. The first kappa shape index (κ1) is 16.0. The Morgan fingerprint density at radius 1 is 1.16 bits per heavy atom. The van der Waals surface area contributed by atoms with Crippen molar-refractivity contribution in [3.05, 3.63) is 28.8 Å². The third-order valence-corrected chi connectivity index (χ3v) is 3.27. The van der Waals surface area contributed by atoms with E-state index >= 15 is 0 Å². The number of ether oxygens (including phenoxy) is 1. The smallest absolute Gasteiger partial charge is 0.122 e. The van der Waals surface area contributed by atoms with E-state index in [1.54, 1.807) is 0 Å². The van der Waals surface area contributed by atoms with Crippen molar-refractivity contribution in [1.82, 2.24) is 5.32 Å². The second-order valence-corrected chi connectivity index (χ2v) is 6.75. The van der Waals surface area contributed by atoms with E-state index < -0.39 is 0 Å². The van der Waals surface area contributed by atoms with Crippen LogP contribution in [0.2, 0.25) is 0 Å². The van der Waals surface area contributed by atoms with Gasteiger partial charge in [0, 0.05) is 18.0 Å². The van der Waals surface area contributed by atoms with Gasteiger partial charge in [0.15, 0.2) is 0 Å². The van der Waals surface area contributed by atoms with Gasteiger partial charge in [0.1, 0.15) is 5.75 Å². The van der Waals surface area contributed by atoms with Crippen molar-refractivity contribution in [2.45, 2.75) is 54.0 Å². The van der Waals surface area contributed by atoms with Crippen molar-refractivity contribution in [3.63, 3.8) is 0 Å². The molecule has 0 fully saturated rings. The van der Waals surface area contributed by atoms with E-state index in [0.717, 1.165) is 18.9 Å². The Bertz CT molecular complexity index is 418. The summed E-state index contributed by atoms with van der Waals surface area (Å²) >= 11 is 0. The third-order valence-electron chi connectivity index (χ3n) is 3.27. The monoisotopic (exact) mass is 263 g/mol. The zero-order chi connectivity index (χ0) is 14.6. The van der Waals surface area contributed by atoms with Crippen LogP contribution in [0.25, 0.3) is 0 Å². The number of benzene rings is 1. The van der Waals surface area contributed by atoms with E-state index in [4.69, 9.17) is 4.74 Å². The summed E-state index contributed by atoms with van der Waals surface area (Å²) in [5.74, 6) is 1.53. The van der Waals surface area contributed by atoms with E-state index in [0.29, 0.717) is 5.92 Å². The average molecular weight is 263 g/mol. The van der Waals surface area contributed by atoms with Crippen molar-refractivity contribution in [3.8, 4) is 5.75 Å². The highest BCUT2D eigenvalue weighted by Crippen LogP contribution is 2.23. The molecule has 2 nitrogen and oxygen atoms in total. The van der Waals surface area contributed by atoms with Crippen LogP contribution in [-0.4, -0.2) is 18.7 Å². The summed E-state index contributed by atoms with van der Waals surface area (Å²) in [6.07, 6.45) is 0. The van der Waals surface area contributed by atoms with E-state index in [1.807, 2.05) is 0 Å². The normalized spacial score (nSPS) is 13.4. The fourth-order valence-corrected chi connectivity index (χ4v) is 1.92. The zero-order valence-corrected chi connectivity index (χ0v) is 13.6. The van der Waals surface area contributed by atoms with Gasteiger partial charge in [0.2, 0.25) is 0 Å². The minimum absolute atomic E-state index is 0.171. The lowest BCUT2D eigenvalue weighted by molar-refractivity contribution is 0.243. The van der Waals surface area contributed by atoms with Crippen LogP contribution in [0.1, 0.15) is 44.4 Å². The molecule has 0 saturated carbocycles. The minimum atomic E-state index is 0.171. The van der Waals surface area contributed by atoms with E-state index in [2.05, 4.69) is 65.9 Å². The molecule has 1 aromatic rings. The summed E-state index contributed by atoms with van der Waals surface area (Å²) in [7, 11) is 0. The number of hydrogen-bond donors (Lipinski definition) is 1. The first-order valence-electron chi connectivity index (χ1n) is 7.14. The lowest BCUT2D eigenvalue weighted by atomic mass is 10.1.